The van der Waals surface area contributed by atoms with E-state index in [4.69, 9.17) is 28.5 Å². The van der Waals surface area contributed by atoms with Crippen LogP contribution in [0.1, 0.15) is 11.1 Å². The Morgan fingerprint density at radius 2 is 1.81 bits per heavy atom. The first-order chi connectivity index (χ1) is 9.83. The lowest BCUT2D eigenvalue weighted by Crippen LogP contribution is -2.13. The van der Waals surface area contributed by atoms with E-state index in [0.29, 0.717) is 5.02 Å². The monoisotopic (exact) mass is 340 g/mol. The van der Waals surface area contributed by atoms with Crippen molar-refractivity contribution in [2.75, 3.05) is 4.72 Å². The van der Waals surface area contributed by atoms with E-state index in [9.17, 15) is 8.42 Å². The molecular formula is C14H10Cl2N2O2S. The average molecular weight is 341 g/mol. The van der Waals surface area contributed by atoms with Gasteiger partial charge in [-0.1, -0.05) is 29.3 Å². The lowest BCUT2D eigenvalue weighted by Gasteiger charge is -2.10. The van der Waals surface area contributed by atoms with Crippen molar-refractivity contribution in [2.45, 2.75) is 11.8 Å². The highest BCUT2D eigenvalue weighted by molar-refractivity contribution is 7.92. The molecule has 0 radical (unpaired) electrons. The number of anilines is 1. The summed E-state index contributed by atoms with van der Waals surface area (Å²) in [6.45, 7) is 1.85. The van der Waals surface area contributed by atoms with Crippen LogP contribution in [0.5, 0.6) is 0 Å². The largest absolute Gasteiger partial charge is 0.278 e. The van der Waals surface area contributed by atoms with E-state index in [-0.39, 0.29) is 21.2 Å². The molecule has 2 aromatic carbocycles. The smallest absolute Gasteiger partial charge is 0.261 e. The van der Waals surface area contributed by atoms with Crippen LogP contribution in [0.2, 0.25) is 10.0 Å². The van der Waals surface area contributed by atoms with Crippen molar-refractivity contribution < 1.29 is 8.42 Å². The number of hydrogen-bond acceptors (Lipinski definition) is 3. The van der Waals surface area contributed by atoms with Crippen LogP contribution in [0.3, 0.4) is 0 Å². The first-order valence-electron chi connectivity index (χ1n) is 5.82. The van der Waals surface area contributed by atoms with Crippen molar-refractivity contribution in [2.24, 2.45) is 0 Å². The molecule has 0 unspecified atom stereocenters. The summed E-state index contributed by atoms with van der Waals surface area (Å²) < 4.78 is 27.0. The summed E-state index contributed by atoms with van der Waals surface area (Å²) in [5.74, 6) is 0. The Morgan fingerprint density at radius 3 is 2.38 bits per heavy atom. The van der Waals surface area contributed by atoms with Crippen molar-refractivity contribution in [3.63, 3.8) is 0 Å². The Bertz CT molecular complexity index is 843. The standard InChI is InChI=1S/C14H10Cl2N2O2S/c1-9-2-5-14(13(16)6-9)18-21(19,20)11-4-3-10(8-17)12(15)7-11/h2-7,18H,1H3. The van der Waals surface area contributed by atoms with E-state index in [1.165, 1.54) is 18.2 Å². The molecule has 2 rings (SSSR count). The highest BCUT2D eigenvalue weighted by Crippen LogP contribution is 2.27. The molecule has 0 spiro atoms. The number of halogens is 2. The highest BCUT2D eigenvalue weighted by Gasteiger charge is 2.17. The second-order valence-corrected chi connectivity index (χ2v) is 6.84. The van der Waals surface area contributed by atoms with Crippen molar-refractivity contribution in [3.8, 4) is 6.07 Å². The fourth-order valence-electron chi connectivity index (χ4n) is 1.66. The van der Waals surface area contributed by atoms with Crippen molar-refractivity contribution in [3.05, 3.63) is 57.6 Å². The number of hydrogen-bond donors (Lipinski definition) is 1. The minimum absolute atomic E-state index is 0.0388. The normalized spacial score (nSPS) is 11.0. The van der Waals surface area contributed by atoms with Crippen LogP contribution in [-0.4, -0.2) is 8.42 Å². The maximum absolute atomic E-state index is 12.3. The van der Waals surface area contributed by atoms with Crippen molar-refractivity contribution in [1.29, 1.82) is 5.26 Å². The number of nitrogens with zero attached hydrogens (tertiary/aromatic N) is 1. The van der Waals surface area contributed by atoms with Gasteiger partial charge < -0.3 is 0 Å². The zero-order chi connectivity index (χ0) is 15.6. The molecule has 0 bridgehead atoms. The SMILES string of the molecule is Cc1ccc(NS(=O)(=O)c2ccc(C#N)c(Cl)c2)c(Cl)c1. The van der Waals surface area contributed by atoms with Crippen LogP contribution in [0, 0.1) is 18.3 Å². The quantitative estimate of drug-likeness (QED) is 0.918. The van der Waals surface area contributed by atoms with Crippen molar-refractivity contribution in [1.82, 2.24) is 0 Å². The van der Waals surface area contributed by atoms with E-state index in [0.717, 1.165) is 5.56 Å². The maximum atomic E-state index is 12.3. The van der Waals surface area contributed by atoms with Gasteiger partial charge in [-0.05, 0) is 42.8 Å². The lowest BCUT2D eigenvalue weighted by molar-refractivity contribution is 0.601. The van der Waals surface area contributed by atoms with E-state index in [2.05, 4.69) is 4.72 Å². The van der Waals surface area contributed by atoms with Gasteiger partial charge in [0.2, 0.25) is 0 Å². The Labute approximate surface area is 133 Å². The molecule has 0 fully saturated rings. The zero-order valence-corrected chi connectivity index (χ0v) is 13.2. The van der Waals surface area contributed by atoms with Gasteiger partial charge in [-0.2, -0.15) is 5.26 Å². The molecular weight excluding hydrogens is 331 g/mol. The first-order valence-corrected chi connectivity index (χ1v) is 8.06. The third kappa shape index (κ3) is 3.48. The van der Waals surface area contributed by atoms with Gasteiger partial charge in [0, 0.05) is 0 Å². The van der Waals surface area contributed by atoms with Crippen LogP contribution in [0.15, 0.2) is 41.3 Å². The van der Waals surface area contributed by atoms with Gasteiger partial charge in [-0.15, -0.1) is 0 Å². The van der Waals surface area contributed by atoms with Gasteiger partial charge in [0.1, 0.15) is 6.07 Å². The minimum atomic E-state index is -3.82. The van der Waals surface area contributed by atoms with Crippen LogP contribution >= 0.6 is 23.2 Å². The maximum Gasteiger partial charge on any atom is 0.261 e. The number of nitrogens with one attached hydrogen (secondary N) is 1. The minimum Gasteiger partial charge on any atom is -0.278 e. The molecule has 21 heavy (non-hydrogen) atoms. The molecule has 4 nitrogen and oxygen atoms in total. The number of benzene rings is 2. The number of rotatable bonds is 3. The first kappa shape index (κ1) is 15.6. The lowest BCUT2D eigenvalue weighted by atomic mass is 10.2. The molecule has 0 amide bonds. The van der Waals surface area contributed by atoms with E-state index >= 15 is 0 Å². The molecule has 0 heterocycles. The summed E-state index contributed by atoms with van der Waals surface area (Å²) in [5, 5.41) is 9.18. The summed E-state index contributed by atoms with van der Waals surface area (Å²) in [6.07, 6.45) is 0. The fraction of sp³-hybridized carbons (Fsp3) is 0.0714. The topological polar surface area (TPSA) is 70.0 Å². The third-order valence-electron chi connectivity index (χ3n) is 2.74. The molecule has 0 saturated carbocycles. The fourth-order valence-corrected chi connectivity index (χ4v) is 3.39. The van der Waals surface area contributed by atoms with E-state index in [1.54, 1.807) is 18.2 Å². The molecule has 2 aromatic rings. The summed E-state index contributed by atoms with van der Waals surface area (Å²) in [6, 6.07) is 10.8. The molecule has 0 aliphatic rings. The Balaban J connectivity index is 2.39. The molecule has 0 aliphatic heterocycles. The van der Waals surface area contributed by atoms with E-state index < -0.39 is 10.0 Å². The molecule has 0 atom stereocenters. The number of aryl methyl sites for hydroxylation is 1. The Morgan fingerprint density at radius 1 is 1.10 bits per heavy atom. The van der Waals surface area contributed by atoms with Gasteiger partial charge in [0.25, 0.3) is 10.0 Å². The second-order valence-electron chi connectivity index (χ2n) is 4.34. The highest BCUT2D eigenvalue weighted by atomic mass is 35.5. The zero-order valence-electron chi connectivity index (χ0n) is 10.9. The molecule has 0 aromatic heterocycles. The summed E-state index contributed by atoms with van der Waals surface area (Å²) in [4.78, 5) is -0.0388. The molecule has 0 aliphatic carbocycles. The molecule has 7 heteroatoms. The number of nitriles is 1. The average Bonchev–Trinajstić information content (AvgIpc) is 2.42. The number of sulfonamides is 1. The Kier molecular flexibility index (Phi) is 4.43. The van der Waals surface area contributed by atoms with Crippen LogP contribution in [0.25, 0.3) is 0 Å². The predicted molar refractivity (Wildman–Crippen MR) is 83.2 cm³/mol. The summed E-state index contributed by atoms with van der Waals surface area (Å²) in [7, 11) is -3.82. The van der Waals surface area contributed by atoms with Gasteiger partial charge in [0.15, 0.2) is 0 Å². The van der Waals surface area contributed by atoms with Gasteiger partial charge in [-0.25, -0.2) is 8.42 Å². The molecule has 108 valence electrons. The van der Waals surface area contributed by atoms with E-state index in [1.807, 2.05) is 13.0 Å². The molecule has 1 N–H and O–H groups in total. The second kappa shape index (κ2) is 5.94. The Hall–Kier alpha value is -1.74. The summed E-state index contributed by atoms with van der Waals surface area (Å²) >= 11 is 11.9. The van der Waals surface area contributed by atoms with Gasteiger partial charge in [-0.3, -0.25) is 4.72 Å². The third-order valence-corrected chi connectivity index (χ3v) is 4.73. The van der Waals surface area contributed by atoms with Crippen LogP contribution < -0.4 is 4.72 Å². The molecule has 0 saturated heterocycles. The van der Waals surface area contributed by atoms with Gasteiger partial charge >= 0.3 is 0 Å². The van der Waals surface area contributed by atoms with Gasteiger partial charge in [0.05, 0.1) is 26.2 Å². The van der Waals surface area contributed by atoms with Crippen molar-refractivity contribution >= 4 is 38.9 Å². The van der Waals surface area contributed by atoms with Crippen LogP contribution in [0.4, 0.5) is 5.69 Å². The predicted octanol–water partition coefficient (Wildman–Crippen LogP) is 3.97. The van der Waals surface area contributed by atoms with Crippen LogP contribution in [-0.2, 0) is 10.0 Å². The summed E-state index contributed by atoms with van der Waals surface area (Å²) in [5.41, 5.74) is 1.41.